The Kier molecular flexibility index (Phi) is 6.63. The zero-order chi connectivity index (χ0) is 24.2. The number of methoxy groups -OCH3 is 2. The third-order valence-corrected chi connectivity index (χ3v) is 6.55. The molecule has 3 aromatic carbocycles. The molecule has 1 atom stereocenters. The number of carbonyl (C=O) groups excluding carboxylic acids is 1. The van der Waals surface area contributed by atoms with Crippen LogP contribution in [0.2, 0.25) is 0 Å². The second-order valence-corrected chi connectivity index (χ2v) is 8.85. The molecule has 1 heterocycles. The average Bonchev–Trinajstić information content (AvgIpc) is 3.53. The molecule has 4 aromatic rings. The van der Waals surface area contributed by atoms with Crippen molar-refractivity contribution in [1.29, 1.82) is 0 Å². The third kappa shape index (κ3) is 4.97. The monoisotopic (exact) mass is 468 g/mol. The summed E-state index contributed by atoms with van der Waals surface area (Å²) < 4.78 is 22.7. The first-order valence-electron chi connectivity index (χ1n) is 12.0. The van der Waals surface area contributed by atoms with Gasteiger partial charge in [-0.1, -0.05) is 36.1 Å². The van der Waals surface area contributed by atoms with E-state index in [0.29, 0.717) is 11.5 Å². The fourth-order valence-electron chi connectivity index (χ4n) is 4.66. The lowest BCUT2D eigenvalue weighted by Crippen LogP contribution is -2.12. The van der Waals surface area contributed by atoms with E-state index in [1.54, 1.807) is 7.11 Å². The quantitative estimate of drug-likeness (QED) is 0.235. The van der Waals surface area contributed by atoms with Gasteiger partial charge < -0.3 is 18.6 Å². The molecule has 5 nitrogen and oxygen atoms in total. The van der Waals surface area contributed by atoms with E-state index < -0.39 is 0 Å². The molecule has 0 aliphatic heterocycles. The summed E-state index contributed by atoms with van der Waals surface area (Å²) in [7, 11) is 3.03. The maximum Gasteiger partial charge on any atom is 0.307 e. The smallest absolute Gasteiger partial charge is 0.307 e. The number of furan rings is 1. The summed E-state index contributed by atoms with van der Waals surface area (Å²) in [5.41, 5.74) is 3.43. The van der Waals surface area contributed by atoms with Crippen molar-refractivity contribution in [3.8, 4) is 23.3 Å². The Morgan fingerprint density at radius 1 is 0.971 bits per heavy atom. The summed E-state index contributed by atoms with van der Waals surface area (Å²) in [6, 6.07) is 19.6. The van der Waals surface area contributed by atoms with Crippen LogP contribution in [0.3, 0.4) is 0 Å². The zero-order valence-corrected chi connectivity index (χ0v) is 20.0. The highest BCUT2D eigenvalue weighted by atomic mass is 16.5. The highest BCUT2D eigenvalue weighted by Gasteiger charge is 2.21. The Hall–Kier alpha value is -3.91. The molecule has 1 aliphatic rings. The van der Waals surface area contributed by atoms with Crippen molar-refractivity contribution < 1.29 is 23.4 Å². The van der Waals surface area contributed by atoms with E-state index in [1.165, 1.54) is 20.0 Å². The SMILES string of the molecule is COC(=O)CC(C#Cc1ccc2oc3ccccc3c2c1)c1ccc(OC)c(OC2CCCC2)c1. The van der Waals surface area contributed by atoms with Gasteiger partial charge in [-0.3, -0.25) is 4.79 Å². The first-order valence-corrected chi connectivity index (χ1v) is 12.0. The van der Waals surface area contributed by atoms with E-state index in [-0.39, 0.29) is 24.4 Å². The summed E-state index contributed by atoms with van der Waals surface area (Å²) in [6.07, 6.45) is 4.79. The van der Waals surface area contributed by atoms with Crippen LogP contribution in [0.5, 0.6) is 11.5 Å². The van der Waals surface area contributed by atoms with Crippen molar-refractivity contribution >= 4 is 27.9 Å². The molecule has 1 unspecified atom stereocenters. The number of hydrogen-bond acceptors (Lipinski definition) is 5. The topological polar surface area (TPSA) is 57.9 Å². The molecule has 1 aliphatic carbocycles. The van der Waals surface area contributed by atoms with Crippen LogP contribution in [0, 0.1) is 11.8 Å². The highest BCUT2D eigenvalue weighted by molar-refractivity contribution is 6.05. The van der Waals surface area contributed by atoms with Crippen molar-refractivity contribution in [3.05, 3.63) is 71.8 Å². The summed E-state index contributed by atoms with van der Waals surface area (Å²) in [6.45, 7) is 0. The molecule has 0 radical (unpaired) electrons. The summed E-state index contributed by atoms with van der Waals surface area (Å²) in [5.74, 6) is 7.29. The lowest BCUT2D eigenvalue weighted by Gasteiger charge is -2.18. The molecule has 1 saturated carbocycles. The van der Waals surface area contributed by atoms with Crippen molar-refractivity contribution in [2.24, 2.45) is 0 Å². The van der Waals surface area contributed by atoms with Gasteiger partial charge in [0.15, 0.2) is 11.5 Å². The van der Waals surface area contributed by atoms with E-state index in [9.17, 15) is 4.79 Å². The average molecular weight is 469 g/mol. The van der Waals surface area contributed by atoms with Crippen LogP contribution in [0.25, 0.3) is 21.9 Å². The van der Waals surface area contributed by atoms with Gasteiger partial charge in [0.05, 0.1) is 32.7 Å². The van der Waals surface area contributed by atoms with E-state index in [4.69, 9.17) is 18.6 Å². The molecule has 5 rings (SSSR count). The Morgan fingerprint density at radius 2 is 1.77 bits per heavy atom. The first kappa shape index (κ1) is 22.9. The van der Waals surface area contributed by atoms with Crippen molar-refractivity contribution in [2.45, 2.75) is 44.1 Å². The molecular weight excluding hydrogens is 440 g/mol. The van der Waals surface area contributed by atoms with Gasteiger partial charge in [-0.05, 0) is 67.6 Å². The van der Waals surface area contributed by atoms with E-state index >= 15 is 0 Å². The summed E-state index contributed by atoms with van der Waals surface area (Å²) in [5, 5.41) is 2.08. The Labute approximate surface area is 205 Å². The lowest BCUT2D eigenvalue weighted by atomic mass is 9.95. The first-order chi connectivity index (χ1) is 17.1. The van der Waals surface area contributed by atoms with E-state index in [1.807, 2.05) is 60.7 Å². The molecule has 0 saturated heterocycles. The Balaban J connectivity index is 1.49. The van der Waals surface area contributed by atoms with Gasteiger partial charge >= 0.3 is 5.97 Å². The molecule has 35 heavy (non-hydrogen) atoms. The third-order valence-electron chi connectivity index (χ3n) is 6.55. The number of carbonyl (C=O) groups is 1. The minimum atomic E-state index is -0.351. The Morgan fingerprint density at radius 3 is 2.57 bits per heavy atom. The van der Waals surface area contributed by atoms with Crippen LogP contribution in [0.4, 0.5) is 0 Å². The molecule has 0 amide bonds. The Bertz CT molecular complexity index is 1420. The van der Waals surface area contributed by atoms with E-state index in [2.05, 4.69) is 11.8 Å². The van der Waals surface area contributed by atoms with Gasteiger partial charge in [0.25, 0.3) is 0 Å². The maximum atomic E-state index is 12.2. The van der Waals surface area contributed by atoms with Crippen LogP contribution >= 0.6 is 0 Å². The number of benzene rings is 3. The minimum absolute atomic E-state index is 0.148. The second-order valence-electron chi connectivity index (χ2n) is 8.85. The van der Waals surface area contributed by atoms with Crippen molar-refractivity contribution in [2.75, 3.05) is 14.2 Å². The number of ether oxygens (including phenoxy) is 3. The summed E-state index contributed by atoms with van der Waals surface area (Å²) in [4.78, 5) is 12.2. The lowest BCUT2D eigenvalue weighted by molar-refractivity contribution is -0.140. The largest absolute Gasteiger partial charge is 0.493 e. The second kappa shape index (κ2) is 10.1. The molecule has 5 heteroatoms. The number of para-hydroxylation sites is 1. The van der Waals surface area contributed by atoms with E-state index in [0.717, 1.165) is 45.9 Å². The fraction of sp³-hybridized carbons (Fsp3) is 0.300. The van der Waals surface area contributed by atoms with Gasteiger partial charge in [0, 0.05) is 16.3 Å². The predicted octanol–water partition coefficient (Wildman–Crippen LogP) is 6.61. The number of fused-ring (bicyclic) bond motifs is 3. The van der Waals surface area contributed by atoms with Gasteiger partial charge in [0.2, 0.25) is 0 Å². The van der Waals surface area contributed by atoms with Crippen LogP contribution in [-0.2, 0) is 9.53 Å². The van der Waals surface area contributed by atoms with Gasteiger partial charge in [-0.15, -0.1) is 0 Å². The fourth-order valence-corrected chi connectivity index (χ4v) is 4.66. The molecule has 0 N–H and O–H groups in total. The van der Waals surface area contributed by atoms with Gasteiger partial charge in [-0.25, -0.2) is 0 Å². The molecule has 1 fully saturated rings. The van der Waals surface area contributed by atoms with Crippen LogP contribution in [0.1, 0.15) is 49.1 Å². The molecule has 0 spiro atoms. The van der Waals surface area contributed by atoms with Gasteiger partial charge in [-0.2, -0.15) is 0 Å². The number of esters is 1. The minimum Gasteiger partial charge on any atom is -0.493 e. The molecule has 178 valence electrons. The maximum absolute atomic E-state index is 12.2. The normalized spacial score (nSPS) is 14.5. The molecule has 1 aromatic heterocycles. The van der Waals surface area contributed by atoms with Crippen molar-refractivity contribution in [1.82, 2.24) is 0 Å². The van der Waals surface area contributed by atoms with Crippen LogP contribution < -0.4 is 9.47 Å². The van der Waals surface area contributed by atoms with Crippen LogP contribution in [-0.4, -0.2) is 26.3 Å². The summed E-state index contributed by atoms with van der Waals surface area (Å²) >= 11 is 0. The number of rotatable bonds is 6. The molecule has 0 bridgehead atoms. The predicted molar refractivity (Wildman–Crippen MR) is 136 cm³/mol. The standard InChI is InChI=1S/C30H28O5/c1-32-28-16-14-21(18-29(28)34-23-7-3-4-8-23)22(19-30(31)33-2)13-11-20-12-15-27-25(17-20)24-9-5-6-10-26(24)35-27/h5-6,9-10,12,14-18,22-23H,3-4,7-8,19H2,1-2H3. The zero-order valence-electron chi connectivity index (χ0n) is 20.0. The van der Waals surface area contributed by atoms with Crippen molar-refractivity contribution in [3.63, 3.8) is 0 Å². The molecular formula is C30H28O5. The number of hydrogen-bond donors (Lipinski definition) is 0. The highest BCUT2D eigenvalue weighted by Crippen LogP contribution is 2.35. The van der Waals surface area contributed by atoms with Gasteiger partial charge in [0.1, 0.15) is 11.2 Å². The van der Waals surface area contributed by atoms with Crippen LogP contribution in [0.15, 0.2) is 65.1 Å².